The van der Waals surface area contributed by atoms with Crippen LogP contribution in [0, 0.1) is 13.8 Å². The molecule has 0 fully saturated rings. The first-order valence-corrected chi connectivity index (χ1v) is 8.08. The van der Waals surface area contributed by atoms with Gasteiger partial charge in [0, 0.05) is 23.0 Å². The first-order valence-electron chi connectivity index (χ1n) is 8.08. The van der Waals surface area contributed by atoms with Gasteiger partial charge < -0.3 is 5.32 Å². The molecule has 0 radical (unpaired) electrons. The maximum atomic E-state index is 12.5. The fourth-order valence-electron chi connectivity index (χ4n) is 2.74. The normalized spacial score (nSPS) is 12.0. The van der Waals surface area contributed by atoms with Crippen molar-refractivity contribution in [2.75, 3.05) is 0 Å². The van der Waals surface area contributed by atoms with Crippen LogP contribution in [0.2, 0.25) is 0 Å². The predicted molar refractivity (Wildman–Crippen MR) is 94.0 cm³/mol. The van der Waals surface area contributed by atoms with E-state index in [0.29, 0.717) is 11.2 Å². The van der Waals surface area contributed by atoms with Gasteiger partial charge in [-0.25, -0.2) is 15.0 Å². The Morgan fingerprint density at radius 2 is 1.81 bits per heavy atom. The molecule has 1 aromatic carbocycles. The number of amides is 2. The Morgan fingerprint density at radius 3 is 2.46 bits per heavy atom. The Bertz CT molecular complexity index is 978. The Kier molecular flexibility index (Phi) is 4.68. The van der Waals surface area contributed by atoms with Crippen LogP contribution >= 0.6 is 0 Å². The molecule has 0 bridgehead atoms. The standard InChI is InChI=1S/C18H19N5O3/c1-10-8-11(2)23-16(19-10)9-15(21-23)18(25)20-12(3)13-4-6-14(7-5-13)17(24)22-26/h4-9,12,26H,1-3H3,(H,20,25)(H,22,24). The molecule has 2 heterocycles. The van der Waals surface area contributed by atoms with Gasteiger partial charge in [0.1, 0.15) is 0 Å². The minimum Gasteiger partial charge on any atom is -0.344 e. The zero-order chi connectivity index (χ0) is 18.8. The molecule has 8 nitrogen and oxygen atoms in total. The summed E-state index contributed by atoms with van der Waals surface area (Å²) in [5.74, 6) is -0.895. The fraction of sp³-hybridized carbons (Fsp3) is 0.222. The first-order chi connectivity index (χ1) is 12.4. The third-order valence-electron chi connectivity index (χ3n) is 4.09. The van der Waals surface area contributed by atoms with Gasteiger partial charge in [-0.3, -0.25) is 14.8 Å². The van der Waals surface area contributed by atoms with Gasteiger partial charge in [0.15, 0.2) is 11.3 Å². The van der Waals surface area contributed by atoms with Gasteiger partial charge in [-0.2, -0.15) is 5.10 Å². The van der Waals surface area contributed by atoms with E-state index in [4.69, 9.17) is 5.21 Å². The second kappa shape index (κ2) is 6.93. The van der Waals surface area contributed by atoms with Crippen LogP contribution in [-0.4, -0.2) is 31.6 Å². The average Bonchev–Trinajstić information content (AvgIpc) is 3.05. The summed E-state index contributed by atoms with van der Waals surface area (Å²) >= 11 is 0. The number of nitrogens with one attached hydrogen (secondary N) is 2. The van der Waals surface area contributed by atoms with E-state index < -0.39 is 5.91 Å². The van der Waals surface area contributed by atoms with Crippen molar-refractivity contribution in [1.29, 1.82) is 0 Å². The van der Waals surface area contributed by atoms with Crippen molar-refractivity contribution in [2.45, 2.75) is 26.8 Å². The summed E-state index contributed by atoms with van der Waals surface area (Å²) in [5, 5.41) is 15.8. The van der Waals surface area contributed by atoms with Crippen molar-refractivity contribution in [3.8, 4) is 0 Å². The zero-order valence-corrected chi connectivity index (χ0v) is 14.6. The Labute approximate surface area is 149 Å². The molecule has 1 atom stereocenters. The van der Waals surface area contributed by atoms with Gasteiger partial charge in [0.25, 0.3) is 11.8 Å². The predicted octanol–water partition coefficient (Wildman–Crippen LogP) is 1.96. The van der Waals surface area contributed by atoms with Crippen LogP contribution in [0.15, 0.2) is 36.4 Å². The number of carbonyl (C=O) groups is 2. The molecule has 2 aromatic heterocycles. The second-order valence-corrected chi connectivity index (χ2v) is 6.10. The quantitative estimate of drug-likeness (QED) is 0.491. The molecular weight excluding hydrogens is 334 g/mol. The van der Waals surface area contributed by atoms with Crippen LogP contribution in [0.4, 0.5) is 0 Å². The van der Waals surface area contributed by atoms with E-state index in [-0.39, 0.29) is 17.6 Å². The average molecular weight is 353 g/mol. The van der Waals surface area contributed by atoms with Crippen molar-refractivity contribution >= 4 is 17.5 Å². The van der Waals surface area contributed by atoms with Crippen LogP contribution in [0.25, 0.3) is 5.65 Å². The van der Waals surface area contributed by atoms with Crippen LogP contribution in [-0.2, 0) is 0 Å². The number of carbonyl (C=O) groups excluding carboxylic acids is 2. The lowest BCUT2D eigenvalue weighted by Crippen LogP contribution is -2.27. The first kappa shape index (κ1) is 17.6. The van der Waals surface area contributed by atoms with E-state index in [1.807, 2.05) is 26.8 Å². The highest BCUT2D eigenvalue weighted by Crippen LogP contribution is 2.15. The third-order valence-corrected chi connectivity index (χ3v) is 4.09. The molecule has 0 aliphatic carbocycles. The van der Waals surface area contributed by atoms with Gasteiger partial charge in [-0.15, -0.1) is 0 Å². The van der Waals surface area contributed by atoms with E-state index >= 15 is 0 Å². The Morgan fingerprint density at radius 1 is 1.12 bits per heavy atom. The smallest absolute Gasteiger partial charge is 0.274 e. The van der Waals surface area contributed by atoms with Crippen molar-refractivity contribution in [3.63, 3.8) is 0 Å². The minimum atomic E-state index is -0.587. The number of benzene rings is 1. The van der Waals surface area contributed by atoms with Crippen molar-refractivity contribution in [2.24, 2.45) is 0 Å². The van der Waals surface area contributed by atoms with E-state index in [1.165, 1.54) is 0 Å². The highest BCUT2D eigenvalue weighted by atomic mass is 16.5. The number of fused-ring (bicyclic) bond motifs is 1. The summed E-state index contributed by atoms with van der Waals surface area (Å²) in [5.41, 5.74) is 5.40. The summed E-state index contributed by atoms with van der Waals surface area (Å²) in [7, 11) is 0. The van der Waals surface area contributed by atoms with Crippen LogP contribution in [0.5, 0.6) is 0 Å². The number of hydrogen-bond acceptors (Lipinski definition) is 5. The number of hydrogen-bond donors (Lipinski definition) is 3. The van der Waals surface area contributed by atoms with Gasteiger partial charge in [0.05, 0.1) is 6.04 Å². The number of rotatable bonds is 4. The van der Waals surface area contributed by atoms with Crippen molar-refractivity contribution in [1.82, 2.24) is 25.4 Å². The lowest BCUT2D eigenvalue weighted by atomic mass is 10.1. The lowest BCUT2D eigenvalue weighted by molar-refractivity contribution is 0.0706. The molecule has 3 aromatic rings. The summed E-state index contributed by atoms with van der Waals surface area (Å²) in [6.07, 6.45) is 0. The third kappa shape index (κ3) is 3.40. The maximum absolute atomic E-state index is 12.5. The van der Waals surface area contributed by atoms with E-state index in [0.717, 1.165) is 17.0 Å². The molecule has 1 unspecified atom stereocenters. The number of nitrogens with zero attached hydrogens (tertiary/aromatic N) is 3. The Balaban J connectivity index is 1.77. The molecule has 0 spiro atoms. The fourth-order valence-corrected chi connectivity index (χ4v) is 2.74. The summed E-state index contributed by atoms with van der Waals surface area (Å²) in [6, 6.07) is 9.84. The van der Waals surface area contributed by atoms with E-state index in [1.54, 1.807) is 40.3 Å². The van der Waals surface area contributed by atoms with Gasteiger partial charge >= 0.3 is 0 Å². The SMILES string of the molecule is Cc1cc(C)n2nc(C(=O)NC(C)c3ccc(C(=O)NO)cc3)cc2n1. The maximum Gasteiger partial charge on any atom is 0.274 e. The molecule has 0 aliphatic heterocycles. The highest BCUT2D eigenvalue weighted by molar-refractivity contribution is 5.94. The van der Waals surface area contributed by atoms with Crippen LogP contribution in [0.1, 0.15) is 50.8 Å². The molecule has 3 rings (SSSR count). The zero-order valence-electron chi connectivity index (χ0n) is 14.6. The largest absolute Gasteiger partial charge is 0.344 e. The van der Waals surface area contributed by atoms with E-state index in [9.17, 15) is 9.59 Å². The molecule has 0 saturated heterocycles. The van der Waals surface area contributed by atoms with Gasteiger partial charge in [0.2, 0.25) is 0 Å². The molecular formula is C18H19N5O3. The molecule has 8 heteroatoms. The minimum absolute atomic E-state index is 0.283. The van der Waals surface area contributed by atoms with Gasteiger partial charge in [-0.05, 0) is 44.5 Å². The van der Waals surface area contributed by atoms with Crippen molar-refractivity contribution < 1.29 is 14.8 Å². The summed E-state index contributed by atoms with van der Waals surface area (Å²) in [6.45, 7) is 5.63. The topological polar surface area (TPSA) is 109 Å². The van der Waals surface area contributed by atoms with E-state index in [2.05, 4.69) is 15.4 Å². The summed E-state index contributed by atoms with van der Waals surface area (Å²) < 4.78 is 1.63. The Hall–Kier alpha value is -3.26. The van der Waals surface area contributed by atoms with Crippen molar-refractivity contribution in [3.05, 3.63) is 64.6 Å². The number of hydroxylamine groups is 1. The van der Waals surface area contributed by atoms with Crippen LogP contribution in [0.3, 0.4) is 0 Å². The molecule has 3 N–H and O–H groups in total. The molecule has 2 amide bonds. The number of aromatic nitrogens is 3. The number of aryl methyl sites for hydroxylation is 2. The second-order valence-electron chi connectivity index (χ2n) is 6.10. The summed E-state index contributed by atoms with van der Waals surface area (Å²) in [4.78, 5) is 28.2. The van der Waals surface area contributed by atoms with Crippen LogP contribution < -0.4 is 10.8 Å². The molecule has 0 saturated carbocycles. The molecule has 26 heavy (non-hydrogen) atoms. The van der Waals surface area contributed by atoms with Gasteiger partial charge in [-0.1, -0.05) is 12.1 Å². The molecule has 0 aliphatic rings. The molecule has 134 valence electrons. The monoisotopic (exact) mass is 353 g/mol. The highest BCUT2D eigenvalue weighted by Gasteiger charge is 2.16. The lowest BCUT2D eigenvalue weighted by Gasteiger charge is -2.13.